The Balaban J connectivity index is 3.24. The van der Waals surface area contributed by atoms with E-state index >= 15 is 0 Å². The van der Waals surface area contributed by atoms with Crippen LogP contribution in [0, 0.1) is 0 Å². The van der Waals surface area contributed by atoms with Crippen LogP contribution in [0.3, 0.4) is 0 Å². The van der Waals surface area contributed by atoms with Gasteiger partial charge < -0.3 is 5.11 Å². The number of phenolic OH excluding ortho intramolecular Hbond substituents is 1. The van der Waals surface area contributed by atoms with Gasteiger partial charge in [0.15, 0.2) is 0 Å². The zero-order valence-electron chi connectivity index (χ0n) is 8.57. The van der Waals surface area contributed by atoms with Gasteiger partial charge in [0.05, 0.1) is 10.0 Å². The van der Waals surface area contributed by atoms with Crippen molar-refractivity contribution in [2.24, 2.45) is 0 Å². The molecule has 1 nitrogen and oxygen atoms in total. The first kappa shape index (κ1) is 13.3. The van der Waals surface area contributed by atoms with Crippen LogP contribution in [-0.2, 0) is 0 Å². The van der Waals surface area contributed by atoms with E-state index in [-0.39, 0.29) is 15.5 Å². The highest BCUT2D eigenvalue weighted by Crippen LogP contribution is 2.46. The Morgan fingerprint density at radius 2 is 1.67 bits per heavy atom. The maximum absolute atomic E-state index is 9.39. The summed E-state index contributed by atoms with van der Waals surface area (Å²) in [5, 5.41) is 10.3. The van der Waals surface area contributed by atoms with Gasteiger partial charge in [0, 0.05) is 15.7 Å². The Hall–Kier alpha value is 0.240. The minimum atomic E-state index is -0.0927. The van der Waals surface area contributed by atoms with E-state index in [1.165, 1.54) is 17.8 Å². The summed E-state index contributed by atoms with van der Waals surface area (Å²) in [4.78, 5) is 0.702. The van der Waals surface area contributed by atoms with Crippen LogP contribution < -0.4 is 0 Å². The molecule has 0 radical (unpaired) electrons. The maximum atomic E-state index is 9.39. The Kier molecular flexibility index (Phi) is 4.10. The lowest BCUT2D eigenvalue weighted by Gasteiger charge is -2.20. The van der Waals surface area contributed by atoms with Crippen LogP contribution in [0.25, 0.3) is 0 Å². The summed E-state index contributed by atoms with van der Waals surface area (Å²) < 4.78 is -0.0203. The molecular weight excluding hydrogens is 275 g/mol. The minimum Gasteiger partial charge on any atom is -0.506 e. The second kappa shape index (κ2) is 4.62. The molecular formula is C10H11Cl3OS. The summed E-state index contributed by atoms with van der Waals surface area (Å²) in [6, 6.07) is 1.41. The summed E-state index contributed by atoms with van der Waals surface area (Å²) in [5.74, 6) is -0.0927. The molecule has 0 saturated carbocycles. The molecule has 0 heterocycles. The van der Waals surface area contributed by atoms with Crippen molar-refractivity contribution in [1.29, 1.82) is 0 Å². The van der Waals surface area contributed by atoms with Crippen LogP contribution in [0.5, 0.6) is 5.75 Å². The first-order valence-electron chi connectivity index (χ1n) is 4.28. The fraction of sp³-hybridized carbons (Fsp3) is 0.400. The summed E-state index contributed by atoms with van der Waals surface area (Å²) in [6.45, 7) is 6.14. The van der Waals surface area contributed by atoms with Crippen molar-refractivity contribution < 1.29 is 5.11 Å². The van der Waals surface area contributed by atoms with E-state index in [4.69, 9.17) is 34.8 Å². The molecule has 84 valence electrons. The zero-order valence-corrected chi connectivity index (χ0v) is 11.7. The SMILES string of the molecule is CC(C)(C)Sc1c(Cl)cc(O)c(Cl)c1Cl. The molecule has 0 saturated heterocycles. The Bertz CT molecular complexity index is 385. The summed E-state index contributed by atoms with van der Waals surface area (Å²) in [7, 11) is 0. The normalized spacial score (nSPS) is 11.9. The quantitative estimate of drug-likeness (QED) is 0.562. The number of halogens is 3. The van der Waals surface area contributed by atoms with Crippen molar-refractivity contribution in [3.05, 3.63) is 21.1 Å². The van der Waals surface area contributed by atoms with Crippen molar-refractivity contribution in [1.82, 2.24) is 0 Å². The Labute approximate surface area is 109 Å². The number of phenols is 1. The first-order valence-corrected chi connectivity index (χ1v) is 6.23. The van der Waals surface area contributed by atoms with Gasteiger partial charge in [-0.2, -0.15) is 0 Å². The molecule has 5 heteroatoms. The average molecular weight is 286 g/mol. The standard InChI is InChI=1S/C10H11Cl3OS/c1-10(2,3)15-9-5(11)4-6(14)7(12)8(9)13/h4,14H,1-3H3. The smallest absolute Gasteiger partial charge is 0.137 e. The largest absolute Gasteiger partial charge is 0.506 e. The molecule has 0 spiro atoms. The van der Waals surface area contributed by atoms with Gasteiger partial charge in [-0.3, -0.25) is 0 Å². The number of benzene rings is 1. The van der Waals surface area contributed by atoms with Crippen LogP contribution in [0.2, 0.25) is 15.1 Å². The highest BCUT2D eigenvalue weighted by Gasteiger charge is 2.20. The van der Waals surface area contributed by atoms with Crippen LogP contribution in [0.1, 0.15) is 20.8 Å². The zero-order chi connectivity index (χ0) is 11.8. The molecule has 0 unspecified atom stereocenters. The Morgan fingerprint density at radius 3 is 2.13 bits per heavy atom. The molecule has 0 fully saturated rings. The summed E-state index contributed by atoms with van der Waals surface area (Å²) in [5.41, 5.74) is 0. The topological polar surface area (TPSA) is 20.2 Å². The van der Waals surface area contributed by atoms with Gasteiger partial charge in [-0.15, -0.1) is 11.8 Å². The van der Waals surface area contributed by atoms with Crippen LogP contribution in [0.15, 0.2) is 11.0 Å². The molecule has 0 amide bonds. The van der Waals surface area contributed by atoms with Gasteiger partial charge in [-0.25, -0.2) is 0 Å². The maximum Gasteiger partial charge on any atom is 0.137 e. The molecule has 1 N–H and O–H groups in total. The number of hydrogen-bond acceptors (Lipinski definition) is 2. The molecule has 1 rings (SSSR count). The molecule has 15 heavy (non-hydrogen) atoms. The molecule has 0 atom stereocenters. The third-order valence-corrected chi connectivity index (χ3v) is 4.13. The average Bonchev–Trinajstić information content (AvgIpc) is 2.07. The van der Waals surface area contributed by atoms with E-state index in [0.717, 1.165) is 0 Å². The van der Waals surface area contributed by atoms with Crippen molar-refractivity contribution in [2.75, 3.05) is 0 Å². The minimum absolute atomic E-state index is 0.0203. The van der Waals surface area contributed by atoms with Crippen LogP contribution in [-0.4, -0.2) is 9.85 Å². The lowest BCUT2D eigenvalue weighted by Crippen LogP contribution is -2.07. The van der Waals surface area contributed by atoms with E-state index in [1.54, 1.807) is 0 Å². The van der Waals surface area contributed by atoms with Gasteiger partial charge in [0.2, 0.25) is 0 Å². The third-order valence-electron chi connectivity index (χ3n) is 1.51. The highest BCUT2D eigenvalue weighted by atomic mass is 35.5. The van der Waals surface area contributed by atoms with E-state index in [2.05, 4.69) is 0 Å². The van der Waals surface area contributed by atoms with E-state index in [9.17, 15) is 5.11 Å². The van der Waals surface area contributed by atoms with Crippen molar-refractivity contribution in [3.63, 3.8) is 0 Å². The lowest BCUT2D eigenvalue weighted by atomic mass is 10.3. The van der Waals surface area contributed by atoms with Crippen molar-refractivity contribution >= 4 is 46.6 Å². The highest BCUT2D eigenvalue weighted by molar-refractivity contribution is 8.00. The van der Waals surface area contributed by atoms with Gasteiger partial charge in [-0.1, -0.05) is 55.6 Å². The number of rotatable bonds is 1. The number of aromatic hydroxyl groups is 1. The van der Waals surface area contributed by atoms with Crippen molar-refractivity contribution in [2.45, 2.75) is 30.4 Å². The molecule has 0 aliphatic rings. The molecule has 0 aromatic heterocycles. The van der Waals surface area contributed by atoms with E-state index in [1.807, 2.05) is 20.8 Å². The molecule has 0 bridgehead atoms. The predicted molar refractivity (Wildman–Crippen MR) is 68.7 cm³/mol. The van der Waals surface area contributed by atoms with Crippen LogP contribution >= 0.6 is 46.6 Å². The Morgan fingerprint density at radius 1 is 1.13 bits per heavy atom. The van der Waals surface area contributed by atoms with Gasteiger partial charge in [0.25, 0.3) is 0 Å². The molecule has 0 aliphatic heterocycles. The van der Waals surface area contributed by atoms with Gasteiger partial charge in [-0.05, 0) is 0 Å². The van der Waals surface area contributed by atoms with Gasteiger partial charge >= 0.3 is 0 Å². The fourth-order valence-corrected chi connectivity index (χ4v) is 2.81. The number of hydrogen-bond donors (Lipinski definition) is 1. The van der Waals surface area contributed by atoms with Crippen molar-refractivity contribution in [3.8, 4) is 5.75 Å². The van der Waals surface area contributed by atoms with Gasteiger partial charge in [0.1, 0.15) is 10.8 Å². The summed E-state index contributed by atoms with van der Waals surface area (Å²) in [6.07, 6.45) is 0. The summed E-state index contributed by atoms with van der Waals surface area (Å²) >= 11 is 19.3. The molecule has 1 aromatic rings. The third kappa shape index (κ3) is 3.35. The van der Waals surface area contributed by atoms with E-state index < -0.39 is 0 Å². The molecule has 1 aromatic carbocycles. The monoisotopic (exact) mass is 284 g/mol. The second-order valence-electron chi connectivity index (χ2n) is 4.05. The first-order chi connectivity index (χ1) is 6.72. The number of thioether (sulfide) groups is 1. The predicted octanol–water partition coefficient (Wildman–Crippen LogP) is 5.24. The van der Waals surface area contributed by atoms with Crippen LogP contribution in [0.4, 0.5) is 0 Å². The fourth-order valence-electron chi connectivity index (χ4n) is 0.966. The second-order valence-corrected chi connectivity index (χ2v) is 7.05. The molecule has 0 aliphatic carbocycles. The van der Waals surface area contributed by atoms with E-state index in [0.29, 0.717) is 14.9 Å². The lowest BCUT2D eigenvalue weighted by molar-refractivity contribution is 0.475.